The van der Waals surface area contributed by atoms with Crippen molar-refractivity contribution in [2.75, 3.05) is 32.7 Å². The van der Waals surface area contributed by atoms with Gasteiger partial charge in [-0.15, -0.1) is 12.4 Å². The number of halogens is 1. The van der Waals surface area contributed by atoms with E-state index in [1.165, 1.54) is 0 Å². The van der Waals surface area contributed by atoms with Crippen molar-refractivity contribution in [3.63, 3.8) is 0 Å². The quantitative estimate of drug-likeness (QED) is 0.691. The normalized spacial score (nSPS) is 18.3. The Morgan fingerprint density at radius 2 is 2.00 bits per heavy atom. The molecular weight excluding hydrogens is 254 g/mol. The van der Waals surface area contributed by atoms with Crippen LogP contribution in [0.25, 0.3) is 0 Å². The minimum absolute atomic E-state index is 0. The maximum atomic E-state index is 11.8. The fourth-order valence-corrected chi connectivity index (χ4v) is 1.98. The number of nitrogens with one attached hydrogen (secondary N) is 2. The smallest absolute Gasteiger partial charge is 0.225 e. The van der Waals surface area contributed by atoms with E-state index >= 15 is 0 Å². The van der Waals surface area contributed by atoms with Gasteiger partial charge in [-0.25, -0.2) is 0 Å². The van der Waals surface area contributed by atoms with Gasteiger partial charge in [0.1, 0.15) is 0 Å². The molecule has 0 saturated carbocycles. The first-order valence-corrected chi connectivity index (χ1v) is 6.39. The molecule has 0 aromatic rings. The van der Waals surface area contributed by atoms with Crippen molar-refractivity contribution >= 4 is 24.2 Å². The molecule has 1 aliphatic heterocycles. The van der Waals surface area contributed by atoms with Gasteiger partial charge in [0, 0.05) is 33.1 Å². The van der Waals surface area contributed by atoms with E-state index in [1.807, 2.05) is 0 Å². The van der Waals surface area contributed by atoms with E-state index in [0.29, 0.717) is 19.6 Å². The summed E-state index contributed by atoms with van der Waals surface area (Å²) in [7, 11) is 0. The predicted molar refractivity (Wildman–Crippen MR) is 73.8 cm³/mol. The van der Waals surface area contributed by atoms with Crippen LogP contribution in [0.4, 0.5) is 0 Å². The highest BCUT2D eigenvalue weighted by atomic mass is 35.5. The van der Waals surface area contributed by atoms with Gasteiger partial charge >= 0.3 is 0 Å². The fourth-order valence-electron chi connectivity index (χ4n) is 1.98. The highest BCUT2D eigenvalue weighted by Gasteiger charge is 2.29. The van der Waals surface area contributed by atoms with Crippen molar-refractivity contribution < 1.29 is 9.59 Å². The third-order valence-electron chi connectivity index (χ3n) is 3.03. The number of nitrogens with zero attached hydrogens (tertiary/aromatic N) is 1. The number of rotatable bonds is 6. The lowest BCUT2D eigenvalue weighted by Crippen LogP contribution is -2.37. The Hall–Kier alpha value is -0.810. The first-order chi connectivity index (χ1) is 8.15. The number of carbonyl (C=O) groups excluding carboxylic acids is 2. The second kappa shape index (κ2) is 9.16. The van der Waals surface area contributed by atoms with Crippen LogP contribution in [0, 0.1) is 5.92 Å². The van der Waals surface area contributed by atoms with Crippen LogP contribution in [0.1, 0.15) is 26.7 Å². The molecule has 2 N–H and O–H groups in total. The minimum Gasteiger partial charge on any atom is -0.355 e. The fraction of sp³-hybridized carbons (Fsp3) is 0.833. The van der Waals surface area contributed by atoms with E-state index in [0.717, 1.165) is 25.9 Å². The summed E-state index contributed by atoms with van der Waals surface area (Å²) in [4.78, 5) is 24.6. The van der Waals surface area contributed by atoms with E-state index in [2.05, 4.69) is 17.6 Å². The highest BCUT2D eigenvalue weighted by Crippen LogP contribution is 2.15. The van der Waals surface area contributed by atoms with E-state index in [9.17, 15) is 9.59 Å². The first-order valence-electron chi connectivity index (χ1n) is 6.39. The number of hydrogen-bond donors (Lipinski definition) is 2. The van der Waals surface area contributed by atoms with Crippen LogP contribution in [0.3, 0.4) is 0 Å². The van der Waals surface area contributed by atoms with Crippen LogP contribution in [0.15, 0.2) is 0 Å². The van der Waals surface area contributed by atoms with Crippen LogP contribution < -0.4 is 10.6 Å². The van der Waals surface area contributed by atoms with Crippen molar-refractivity contribution in [1.82, 2.24) is 15.5 Å². The molecule has 0 aromatic carbocycles. The van der Waals surface area contributed by atoms with Crippen molar-refractivity contribution in [3.05, 3.63) is 0 Å². The molecular formula is C12H24ClN3O2. The Labute approximate surface area is 115 Å². The SMILES string of the molecule is CCCNCCNC(=O)C1CCN(C(C)=O)C1.Cl. The molecule has 18 heavy (non-hydrogen) atoms. The maximum Gasteiger partial charge on any atom is 0.225 e. The molecule has 1 aliphatic rings. The molecule has 1 fully saturated rings. The topological polar surface area (TPSA) is 61.4 Å². The summed E-state index contributed by atoms with van der Waals surface area (Å²) >= 11 is 0. The van der Waals surface area contributed by atoms with Crippen LogP contribution in [-0.2, 0) is 9.59 Å². The molecule has 5 nitrogen and oxygen atoms in total. The standard InChI is InChI=1S/C12H23N3O2.ClH/c1-3-5-13-6-7-14-12(17)11-4-8-15(9-11)10(2)16;/h11,13H,3-9H2,1-2H3,(H,14,17);1H. The van der Waals surface area contributed by atoms with Gasteiger partial charge in [-0.2, -0.15) is 0 Å². The zero-order valence-electron chi connectivity index (χ0n) is 11.2. The molecule has 6 heteroatoms. The summed E-state index contributed by atoms with van der Waals surface area (Å²) in [6, 6.07) is 0. The van der Waals surface area contributed by atoms with Crippen molar-refractivity contribution in [2.45, 2.75) is 26.7 Å². The minimum atomic E-state index is -0.0231. The molecule has 1 heterocycles. The lowest BCUT2D eigenvalue weighted by atomic mass is 10.1. The maximum absolute atomic E-state index is 11.8. The lowest BCUT2D eigenvalue weighted by Gasteiger charge is -2.14. The average molecular weight is 278 g/mol. The molecule has 0 aromatic heterocycles. The summed E-state index contributed by atoms with van der Waals surface area (Å²) in [5.41, 5.74) is 0. The molecule has 106 valence electrons. The largest absolute Gasteiger partial charge is 0.355 e. The molecule has 2 amide bonds. The van der Waals surface area contributed by atoms with Gasteiger partial charge in [0.2, 0.25) is 11.8 Å². The van der Waals surface area contributed by atoms with Crippen molar-refractivity contribution in [2.24, 2.45) is 5.92 Å². The predicted octanol–water partition coefficient (Wildman–Crippen LogP) is 0.392. The van der Waals surface area contributed by atoms with Crippen LogP contribution in [-0.4, -0.2) is 49.4 Å². The van der Waals surface area contributed by atoms with Gasteiger partial charge in [0.05, 0.1) is 5.92 Å². The number of hydrogen-bond acceptors (Lipinski definition) is 3. The highest BCUT2D eigenvalue weighted by molar-refractivity contribution is 5.85. The number of likely N-dealkylation sites (tertiary alicyclic amines) is 1. The Bertz CT molecular complexity index is 274. The monoisotopic (exact) mass is 277 g/mol. The molecule has 1 rings (SSSR count). The van der Waals surface area contributed by atoms with Crippen LogP contribution in [0.2, 0.25) is 0 Å². The lowest BCUT2D eigenvalue weighted by molar-refractivity contribution is -0.128. The number of carbonyl (C=O) groups is 2. The third-order valence-corrected chi connectivity index (χ3v) is 3.03. The summed E-state index contributed by atoms with van der Waals surface area (Å²) in [5, 5.41) is 6.13. The number of amides is 2. The summed E-state index contributed by atoms with van der Waals surface area (Å²) < 4.78 is 0. The molecule has 0 bridgehead atoms. The van der Waals surface area contributed by atoms with Gasteiger partial charge in [-0.1, -0.05) is 6.92 Å². The summed E-state index contributed by atoms with van der Waals surface area (Å²) in [6.45, 7) is 7.40. The molecule has 1 unspecified atom stereocenters. The second-order valence-corrected chi connectivity index (χ2v) is 4.49. The van der Waals surface area contributed by atoms with Crippen LogP contribution in [0.5, 0.6) is 0 Å². The van der Waals surface area contributed by atoms with Crippen LogP contribution >= 0.6 is 12.4 Å². The van der Waals surface area contributed by atoms with Crippen molar-refractivity contribution in [1.29, 1.82) is 0 Å². The third kappa shape index (κ3) is 5.69. The van der Waals surface area contributed by atoms with E-state index in [1.54, 1.807) is 11.8 Å². The van der Waals surface area contributed by atoms with Gasteiger partial charge in [0.15, 0.2) is 0 Å². The van der Waals surface area contributed by atoms with Gasteiger partial charge in [-0.05, 0) is 19.4 Å². The Balaban J connectivity index is 0.00000289. The molecule has 0 aliphatic carbocycles. The Kier molecular flexibility index (Phi) is 8.75. The zero-order valence-corrected chi connectivity index (χ0v) is 12.0. The zero-order chi connectivity index (χ0) is 12.7. The first kappa shape index (κ1) is 17.2. The van der Waals surface area contributed by atoms with Gasteiger partial charge < -0.3 is 15.5 Å². The summed E-state index contributed by atoms with van der Waals surface area (Å²) in [5.74, 6) is 0.113. The Morgan fingerprint density at radius 1 is 1.28 bits per heavy atom. The van der Waals surface area contributed by atoms with Gasteiger partial charge in [0.25, 0.3) is 0 Å². The summed E-state index contributed by atoms with van der Waals surface area (Å²) in [6.07, 6.45) is 1.89. The van der Waals surface area contributed by atoms with E-state index < -0.39 is 0 Å². The molecule has 0 radical (unpaired) electrons. The Morgan fingerprint density at radius 3 is 2.56 bits per heavy atom. The van der Waals surface area contributed by atoms with Gasteiger partial charge in [-0.3, -0.25) is 9.59 Å². The average Bonchev–Trinajstić information content (AvgIpc) is 2.78. The van der Waals surface area contributed by atoms with E-state index in [-0.39, 0.29) is 30.1 Å². The van der Waals surface area contributed by atoms with Crippen molar-refractivity contribution in [3.8, 4) is 0 Å². The van der Waals surface area contributed by atoms with E-state index in [4.69, 9.17) is 0 Å². The molecule has 1 saturated heterocycles. The second-order valence-electron chi connectivity index (χ2n) is 4.49. The molecule has 0 spiro atoms. The molecule has 1 atom stereocenters.